The van der Waals surface area contributed by atoms with Crippen LogP contribution in [0, 0.1) is 5.92 Å². The normalized spacial score (nSPS) is 16.3. The van der Waals surface area contributed by atoms with Crippen LogP contribution in [-0.4, -0.2) is 30.8 Å². The molecule has 1 unspecified atom stereocenters. The molecule has 3 rings (SSSR count). The molecule has 0 saturated carbocycles. The zero-order valence-corrected chi connectivity index (χ0v) is 15.4. The van der Waals surface area contributed by atoms with E-state index in [0.717, 1.165) is 5.56 Å². The van der Waals surface area contributed by atoms with Gasteiger partial charge < -0.3 is 15.5 Å². The number of amides is 3. The minimum atomic E-state index is -0.488. The monoisotopic (exact) mass is 385 g/mol. The first kappa shape index (κ1) is 18.9. The van der Waals surface area contributed by atoms with Gasteiger partial charge in [0.05, 0.1) is 12.5 Å². The van der Waals surface area contributed by atoms with Crippen LogP contribution < -0.4 is 15.5 Å². The predicted molar refractivity (Wildman–Crippen MR) is 103 cm³/mol. The van der Waals surface area contributed by atoms with Crippen molar-refractivity contribution in [1.29, 1.82) is 0 Å². The number of benzene rings is 2. The number of carbonyl (C=O) groups excluding carboxylic acids is 3. The van der Waals surface area contributed by atoms with Gasteiger partial charge >= 0.3 is 0 Å². The van der Waals surface area contributed by atoms with Gasteiger partial charge in [0.15, 0.2) is 0 Å². The molecule has 2 aromatic rings. The van der Waals surface area contributed by atoms with E-state index in [4.69, 9.17) is 11.6 Å². The molecule has 3 amide bonds. The van der Waals surface area contributed by atoms with Gasteiger partial charge in [0.2, 0.25) is 17.7 Å². The van der Waals surface area contributed by atoms with Crippen molar-refractivity contribution in [2.75, 3.05) is 18.0 Å². The van der Waals surface area contributed by atoms with Gasteiger partial charge in [0, 0.05) is 30.2 Å². The average molecular weight is 386 g/mol. The Bertz CT molecular complexity index is 841. The molecule has 0 aliphatic carbocycles. The summed E-state index contributed by atoms with van der Waals surface area (Å²) in [7, 11) is 0. The molecule has 1 fully saturated rings. The van der Waals surface area contributed by atoms with Gasteiger partial charge in [-0.3, -0.25) is 14.4 Å². The zero-order valence-electron chi connectivity index (χ0n) is 14.7. The van der Waals surface area contributed by atoms with Crippen molar-refractivity contribution < 1.29 is 14.4 Å². The van der Waals surface area contributed by atoms with E-state index in [1.54, 1.807) is 29.2 Å². The molecule has 1 heterocycles. The van der Waals surface area contributed by atoms with Crippen molar-refractivity contribution in [1.82, 2.24) is 10.6 Å². The van der Waals surface area contributed by atoms with Crippen LogP contribution in [0.15, 0.2) is 54.6 Å². The average Bonchev–Trinajstić information content (AvgIpc) is 3.07. The minimum absolute atomic E-state index is 0.115. The molecule has 2 aromatic carbocycles. The van der Waals surface area contributed by atoms with Gasteiger partial charge in [0.1, 0.15) is 0 Å². The highest BCUT2D eigenvalue weighted by molar-refractivity contribution is 6.31. The Morgan fingerprint density at radius 2 is 1.85 bits per heavy atom. The summed E-state index contributed by atoms with van der Waals surface area (Å²) in [5, 5.41) is 5.89. The highest BCUT2D eigenvalue weighted by Gasteiger charge is 2.35. The highest BCUT2D eigenvalue weighted by atomic mass is 35.5. The summed E-state index contributed by atoms with van der Waals surface area (Å²) in [6.45, 7) is 0.560. The zero-order chi connectivity index (χ0) is 19.2. The molecule has 0 radical (unpaired) electrons. The number of nitrogens with zero attached hydrogens (tertiary/aromatic N) is 1. The van der Waals surface area contributed by atoms with Gasteiger partial charge in [-0.1, -0.05) is 48.0 Å². The first-order chi connectivity index (χ1) is 13.0. The standard InChI is InChI=1S/C20H20ClN3O3/c21-16-7-4-8-17(10-16)24-13-15(9-19(24)26)20(27)23-12-18(25)22-11-14-5-2-1-3-6-14/h1-8,10,15H,9,11-13H2,(H,22,25)(H,23,27). The highest BCUT2D eigenvalue weighted by Crippen LogP contribution is 2.27. The minimum Gasteiger partial charge on any atom is -0.350 e. The second kappa shape index (κ2) is 8.68. The molecule has 0 spiro atoms. The third-order valence-corrected chi connectivity index (χ3v) is 4.61. The summed E-state index contributed by atoms with van der Waals surface area (Å²) in [5.41, 5.74) is 1.65. The van der Waals surface area contributed by atoms with Crippen molar-refractivity contribution in [3.05, 3.63) is 65.2 Å². The second-order valence-corrected chi connectivity index (χ2v) is 6.80. The molecule has 1 saturated heterocycles. The molecule has 2 N–H and O–H groups in total. The molecule has 27 heavy (non-hydrogen) atoms. The molecule has 6 nitrogen and oxygen atoms in total. The van der Waals surface area contributed by atoms with E-state index in [1.165, 1.54) is 0 Å². The van der Waals surface area contributed by atoms with Gasteiger partial charge in [-0.15, -0.1) is 0 Å². The molecule has 1 aliphatic rings. The molecule has 1 atom stereocenters. The maximum absolute atomic E-state index is 12.3. The summed E-state index contributed by atoms with van der Waals surface area (Å²) in [6, 6.07) is 16.5. The Labute approximate surface area is 162 Å². The Balaban J connectivity index is 1.47. The lowest BCUT2D eigenvalue weighted by molar-refractivity contribution is -0.129. The number of hydrogen-bond acceptors (Lipinski definition) is 3. The van der Waals surface area contributed by atoms with Crippen molar-refractivity contribution in [2.24, 2.45) is 5.92 Å². The van der Waals surface area contributed by atoms with Crippen LogP contribution in [0.4, 0.5) is 5.69 Å². The molecule has 1 aliphatic heterocycles. The molecule has 0 bridgehead atoms. The number of halogens is 1. The van der Waals surface area contributed by atoms with E-state index < -0.39 is 5.92 Å². The molecule has 140 valence electrons. The van der Waals surface area contributed by atoms with Crippen LogP contribution in [0.2, 0.25) is 5.02 Å². The fraction of sp³-hybridized carbons (Fsp3) is 0.250. The third kappa shape index (κ3) is 5.08. The summed E-state index contributed by atoms with van der Waals surface area (Å²) in [5.74, 6) is -1.20. The number of anilines is 1. The van der Waals surface area contributed by atoms with Crippen LogP contribution in [-0.2, 0) is 20.9 Å². The summed E-state index contributed by atoms with van der Waals surface area (Å²) in [6.07, 6.45) is 0.115. The topological polar surface area (TPSA) is 78.5 Å². The lowest BCUT2D eigenvalue weighted by atomic mass is 10.1. The fourth-order valence-electron chi connectivity index (χ4n) is 2.95. The van der Waals surface area contributed by atoms with E-state index in [-0.39, 0.29) is 37.2 Å². The van der Waals surface area contributed by atoms with Gasteiger partial charge in [-0.2, -0.15) is 0 Å². The Morgan fingerprint density at radius 3 is 2.59 bits per heavy atom. The van der Waals surface area contributed by atoms with E-state index in [0.29, 0.717) is 17.3 Å². The Kier molecular flexibility index (Phi) is 6.08. The van der Waals surface area contributed by atoms with Crippen LogP contribution in [0.1, 0.15) is 12.0 Å². The van der Waals surface area contributed by atoms with Gasteiger partial charge in [-0.25, -0.2) is 0 Å². The molecule has 7 heteroatoms. The van der Waals surface area contributed by atoms with E-state index in [2.05, 4.69) is 10.6 Å². The number of carbonyl (C=O) groups is 3. The fourth-order valence-corrected chi connectivity index (χ4v) is 3.13. The predicted octanol–water partition coefficient (Wildman–Crippen LogP) is 2.13. The van der Waals surface area contributed by atoms with Crippen LogP contribution in [0.25, 0.3) is 0 Å². The van der Waals surface area contributed by atoms with Crippen molar-refractivity contribution in [2.45, 2.75) is 13.0 Å². The number of hydrogen-bond donors (Lipinski definition) is 2. The van der Waals surface area contributed by atoms with Crippen LogP contribution in [0.3, 0.4) is 0 Å². The molecular formula is C20H20ClN3O3. The van der Waals surface area contributed by atoms with Crippen molar-refractivity contribution in [3.8, 4) is 0 Å². The van der Waals surface area contributed by atoms with E-state index in [1.807, 2.05) is 30.3 Å². The van der Waals surface area contributed by atoms with E-state index in [9.17, 15) is 14.4 Å². The maximum atomic E-state index is 12.3. The number of rotatable bonds is 6. The van der Waals surface area contributed by atoms with Gasteiger partial charge in [0.25, 0.3) is 0 Å². The third-order valence-electron chi connectivity index (χ3n) is 4.37. The first-order valence-electron chi connectivity index (χ1n) is 8.67. The largest absolute Gasteiger partial charge is 0.350 e. The Morgan fingerprint density at radius 1 is 1.07 bits per heavy atom. The van der Waals surface area contributed by atoms with Crippen LogP contribution in [0.5, 0.6) is 0 Å². The smallest absolute Gasteiger partial charge is 0.239 e. The quantitative estimate of drug-likeness (QED) is 0.799. The Hall–Kier alpha value is -2.86. The summed E-state index contributed by atoms with van der Waals surface area (Å²) < 4.78 is 0. The van der Waals surface area contributed by atoms with Crippen LogP contribution >= 0.6 is 11.6 Å². The first-order valence-corrected chi connectivity index (χ1v) is 9.05. The lowest BCUT2D eigenvalue weighted by Crippen LogP contribution is -2.40. The lowest BCUT2D eigenvalue weighted by Gasteiger charge is -2.17. The maximum Gasteiger partial charge on any atom is 0.239 e. The SMILES string of the molecule is O=C(CNC(=O)C1CC(=O)N(c2cccc(Cl)c2)C1)NCc1ccccc1. The molecule has 0 aromatic heterocycles. The molecular weight excluding hydrogens is 366 g/mol. The number of nitrogens with one attached hydrogen (secondary N) is 2. The van der Waals surface area contributed by atoms with Gasteiger partial charge in [-0.05, 0) is 23.8 Å². The summed E-state index contributed by atoms with van der Waals surface area (Å²) >= 11 is 5.97. The van der Waals surface area contributed by atoms with Crippen molar-refractivity contribution in [3.63, 3.8) is 0 Å². The summed E-state index contributed by atoms with van der Waals surface area (Å²) in [4.78, 5) is 38.0. The van der Waals surface area contributed by atoms with E-state index >= 15 is 0 Å². The second-order valence-electron chi connectivity index (χ2n) is 6.37. The van der Waals surface area contributed by atoms with Crippen molar-refractivity contribution >= 4 is 35.0 Å².